The lowest BCUT2D eigenvalue weighted by Gasteiger charge is -2.27. The number of benzene rings is 1. The highest BCUT2D eigenvalue weighted by Crippen LogP contribution is 2.24. The van der Waals surface area contributed by atoms with E-state index in [1.165, 1.54) is 12.8 Å². The van der Waals surface area contributed by atoms with Crippen LogP contribution in [0.4, 0.5) is 0 Å². The number of nitrogens with one attached hydrogen (secondary N) is 1. The zero-order valence-electron chi connectivity index (χ0n) is 12.7. The monoisotopic (exact) mass is 286 g/mol. The molecule has 0 saturated heterocycles. The van der Waals surface area contributed by atoms with Crippen molar-refractivity contribution in [2.45, 2.75) is 52.1 Å². The second kappa shape index (κ2) is 5.84. The van der Waals surface area contributed by atoms with Gasteiger partial charge < -0.3 is 5.32 Å². The Balaban J connectivity index is 1.75. The second-order valence-corrected chi connectivity index (χ2v) is 6.05. The minimum atomic E-state index is 0.00190. The van der Waals surface area contributed by atoms with Crippen LogP contribution < -0.4 is 5.32 Å². The van der Waals surface area contributed by atoms with Crippen LogP contribution in [0.1, 0.15) is 49.9 Å². The fourth-order valence-corrected chi connectivity index (χ4v) is 3.18. The summed E-state index contributed by atoms with van der Waals surface area (Å²) in [4.78, 5) is 12.4. The largest absolute Gasteiger partial charge is 0.349 e. The highest BCUT2D eigenvalue weighted by molar-refractivity contribution is 5.97. The van der Waals surface area contributed by atoms with Crippen molar-refractivity contribution in [1.82, 2.24) is 20.3 Å². The molecule has 1 aromatic heterocycles. The molecule has 1 aliphatic carbocycles. The van der Waals surface area contributed by atoms with E-state index in [0.29, 0.717) is 17.5 Å². The van der Waals surface area contributed by atoms with E-state index in [1.54, 1.807) is 0 Å². The number of aryl methyl sites for hydroxylation is 1. The molecule has 1 fully saturated rings. The number of aromatic nitrogens is 3. The van der Waals surface area contributed by atoms with E-state index < -0.39 is 0 Å². The number of amides is 1. The standard InChI is InChI=1S/C16H22N4O/c1-3-20-15-8-7-12(10-14(15)18-19-20)16(21)17-13-6-4-5-11(2)9-13/h7-8,10-11,13H,3-6,9H2,1-2H3,(H,17,21). The molecule has 112 valence electrons. The molecule has 3 rings (SSSR count). The lowest BCUT2D eigenvalue weighted by Crippen LogP contribution is -2.37. The van der Waals surface area contributed by atoms with Crippen LogP contribution in [0, 0.1) is 5.92 Å². The lowest BCUT2D eigenvalue weighted by atomic mass is 9.87. The molecular weight excluding hydrogens is 264 g/mol. The molecule has 1 saturated carbocycles. The first-order chi connectivity index (χ1) is 10.2. The lowest BCUT2D eigenvalue weighted by molar-refractivity contribution is 0.0921. The van der Waals surface area contributed by atoms with Crippen molar-refractivity contribution in [2.24, 2.45) is 5.92 Å². The van der Waals surface area contributed by atoms with Gasteiger partial charge in [0.25, 0.3) is 5.91 Å². The first kappa shape index (κ1) is 14.0. The van der Waals surface area contributed by atoms with E-state index in [1.807, 2.05) is 29.8 Å². The van der Waals surface area contributed by atoms with E-state index in [4.69, 9.17) is 0 Å². The van der Waals surface area contributed by atoms with Gasteiger partial charge in [0, 0.05) is 18.2 Å². The number of nitrogens with zero attached hydrogens (tertiary/aromatic N) is 3. The molecule has 0 spiro atoms. The number of hydrogen-bond donors (Lipinski definition) is 1. The van der Waals surface area contributed by atoms with Gasteiger partial charge in [0.15, 0.2) is 0 Å². The van der Waals surface area contributed by atoms with Crippen LogP contribution in [-0.2, 0) is 6.54 Å². The number of hydrogen-bond acceptors (Lipinski definition) is 3. The Bertz CT molecular complexity index is 649. The Morgan fingerprint density at radius 1 is 1.43 bits per heavy atom. The normalized spacial score (nSPS) is 22.4. The Kier molecular flexibility index (Phi) is 3.90. The molecule has 2 unspecified atom stereocenters. The molecule has 21 heavy (non-hydrogen) atoms. The molecule has 0 radical (unpaired) electrons. The average molecular weight is 286 g/mol. The molecule has 1 heterocycles. The summed E-state index contributed by atoms with van der Waals surface area (Å²) in [5.74, 6) is 0.707. The van der Waals surface area contributed by atoms with Gasteiger partial charge in [0.2, 0.25) is 0 Å². The third-order valence-electron chi connectivity index (χ3n) is 4.35. The summed E-state index contributed by atoms with van der Waals surface area (Å²) in [6.45, 7) is 5.06. The summed E-state index contributed by atoms with van der Waals surface area (Å²) < 4.78 is 1.83. The van der Waals surface area contributed by atoms with Gasteiger partial charge in [0.05, 0.1) is 5.52 Å². The van der Waals surface area contributed by atoms with Gasteiger partial charge >= 0.3 is 0 Å². The third kappa shape index (κ3) is 2.91. The predicted molar refractivity (Wildman–Crippen MR) is 82.1 cm³/mol. The van der Waals surface area contributed by atoms with Gasteiger partial charge in [-0.15, -0.1) is 5.10 Å². The Hall–Kier alpha value is -1.91. The third-order valence-corrected chi connectivity index (χ3v) is 4.35. The maximum atomic E-state index is 12.4. The summed E-state index contributed by atoms with van der Waals surface area (Å²) in [7, 11) is 0. The molecule has 1 N–H and O–H groups in total. The molecular formula is C16H22N4O. The van der Waals surface area contributed by atoms with Crippen LogP contribution in [0.5, 0.6) is 0 Å². The van der Waals surface area contributed by atoms with E-state index in [0.717, 1.165) is 30.4 Å². The Morgan fingerprint density at radius 3 is 3.05 bits per heavy atom. The second-order valence-electron chi connectivity index (χ2n) is 6.05. The minimum absolute atomic E-state index is 0.00190. The first-order valence-corrected chi connectivity index (χ1v) is 7.81. The summed E-state index contributed by atoms with van der Waals surface area (Å²) in [6, 6.07) is 5.93. The van der Waals surface area contributed by atoms with Crippen molar-refractivity contribution in [3.8, 4) is 0 Å². The number of carbonyl (C=O) groups excluding carboxylic acids is 1. The predicted octanol–water partition coefficient (Wildman–Crippen LogP) is 2.76. The summed E-state index contributed by atoms with van der Waals surface area (Å²) in [5, 5.41) is 11.4. The van der Waals surface area contributed by atoms with Crippen molar-refractivity contribution in [1.29, 1.82) is 0 Å². The van der Waals surface area contributed by atoms with Crippen LogP contribution in [0.15, 0.2) is 18.2 Å². The van der Waals surface area contributed by atoms with Crippen molar-refractivity contribution in [3.63, 3.8) is 0 Å². The van der Waals surface area contributed by atoms with Gasteiger partial charge in [-0.1, -0.05) is 25.0 Å². The first-order valence-electron chi connectivity index (χ1n) is 7.81. The molecule has 2 aromatic rings. The Labute approximate surface area is 124 Å². The molecule has 5 nitrogen and oxygen atoms in total. The maximum Gasteiger partial charge on any atom is 0.251 e. The summed E-state index contributed by atoms with van der Waals surface area (Å²) >= 11 is 0. The van der Waals surface area contributed by atoms with E-state index in [9.17, 15) is 4.79 Å². The average Bonchev–Trinajstić information content (AvgIpc) is 2.89. The van der Waals surface area contributed by atoms with Gasteiger partial charge in [-0.25, -0.2) is 4.68 Å². The van der Waals surface area contributed by atoms with Crippen LogP contribution in [0.3, 0.4) is 0 Å². The van der Waals surface area contributed by atoms with Gasteiger partial charge in [-0.3, -0.25) is 4.79 Å². The van der Waals surface area contributed by atoms with Gasteiger partial charge in [0.1, 0.15) is 5.52 Å². The van der Waals surface area contributed by atoms with Gasteiger partial charge in [-0.2, -0.15) is 0 Å². The number of rotatable bonds is 3. The van der Waals surface area contributed by atoms with Gasteiger partial charge in [-0.05, 0) is 43.9 Å². The molecule has 1 aromatic carbocycles. The van der Waals surface area contributed by atoms with Crippen molar-refractivity contribution >= 4 is 16.9 Å². The van der Waals surface area contributed by atoms with Crippen LogP contribution in [0.25, 0.3) is 11.0 Å². The van der Waals surface area contributed by atoms with E-state index in [-0.39, 0.29) is 5.91 Å². The quantitative estimate of drug-likeness (QED) is 0.943. The SMILES string of the molecule is CCn1nnc2cc(C(=O)NC3CCCC(C)C3)ccc21. The molecule has 0 aliphatic heterocycles. The molecule has 1 aliphatic rings. The Morgan fingerprint density at radius 2 is 2.29 bits per heavy atom. The van der Waals surface area contributed by atoms with Crippen molar-refractivity contribution in [2.75, 3.05) is 0 Å². The maximum absolute atomic E-state index is 12.4. The fourth-order valence-electron chi connectivity index (χ4n) is 3.18. The molecule has 0 bridgehead atoms. The van der Waals surface area contributed by atoms with E-state index in [2.05, 4.69) is 22.6 Å². The van der Waals surface area contributed by atoms with Crippen LogP contribution in [-0.4, -0.2) is 26.9 Å². The molecule has 2 atom stereocenters. The minimum Gasteiger partial charge on any atom is -0.349 e. The number of fused-ring (bicyclic) bond motifs is 1. The van der Waals surface area contributed by atoms with Crippen LogP contribution in [0.2, 0.25) is 0 Å². The van der Waals surface area contributed by atoms with Crippen molar-refractivity contribution < 1.29 is 4.79 Å². The molecule has 1 amide bonds. The zero-order valence-corrected chi connectivity index (χ0v) is 12.7. The zero-order chi connectivity index (χ0) is 14.8. The highest BCUT2D eigenvalue weighted by atomic mass is 16.1. The molecule has 5 heteroatoms. The highest BCUT2D eigenvalue weighted by Gasteiger charge is 2.21. The number of carbonyl (C=O) groups is 1. The van der Waals surface area contributed by atoms with E-state index >= 15 is 0 Å². The summed E-state index contributed by atoms with van der Waals surface area (Å²) in [5.41, 5.74) is 2.42. The topological polar surface area (TPSA) is 59.8 Å². The fraction of sp³-hybridized carbons (Fsp3) is 0.562. The summed E-state index contributed by atoms with van der Waals surface area (Å²) in [6.07, 6.45) is 4.65. The van der Waals surface area contributed by atoms with Crippen molar-refractivity contribution in [3.05, 3.63) is 23.8 Å². The van der Waals surface area contributed by atoms with Crippen LogP contribution >= 0.6 is 0 Å². The smallest absolute Gasteiger partial charge is 0.251 e.